The van der Waals surface area contributed by atoms with E-state index in [9.17, 15) is 10.2 Å². The van der Waals surface area contributed by atoms with Gasteiger partial charge in [-0.25, -0.2) is 0 Å². The van der Waals surface area contributed by atoms with Crippen LogP contribution in [0, 0.1) is 34.5 Å². The summed E-state index contributed by atoms with van der Waals surface area (Å²) in [6.07, 6.45) is 10.7. The van der Waals surface area contributed by atoms with Crippen molar-refractivity contribution < 1.29 is 10.2 Å². The van der Waals surface area contributed by atoms with Gasteiger partial charge in [-0.3, -0.25) is 0 Å². The predicted octanol–water partition coefficient (Wildman–Crippen LogP) is 3.75. The van der Waals surface area contributed by atoms with Crippen molar-refractivity contribution in [1.82, 2.24) is 0 Å². The monoisotopic (exact) mass is 292 g/mol. The minimum Gasteiger partial charge on any atom is -0.393 e. The predicted molar refractivity (Wildman–Crippen MR) is 83.7 cm³/mol. The van der Waals surface area contributed by atoms with Gasteiger partial charge in [-0.2, -0.15) is 0 Å². The van der Waals surface area contributed by atoms with E-state index in [-0.39, 0.29) is 23.0 Å². The Morgan fingerprint density at radius 3 is 2.38 bits per heavy atom. The van der Waals surface area contributed by atoms with Gasteiger partial charge in [-0.1, -0.05) is 20.3 Å². The highest BCUT2D eigenvalue weighted by Crippen LogP contribution is 2.66. The highest BCUT2D eigenvalue weighted by Gasteiger charge is 2.61. The molecule has 4 aliphatic carbocycles. The van der Waals surface area contributed by atoms with Crippen LogP contribution in [-0.4, -0.2) is 22.4 Å². The molecule has 0 aromatic heterocycles. The third kappa shape index (κ3) is 1.78. The molecular formula is C19H32O2. The molecule has 0 radical (unpaired) electrons. The van der Waals surface area contributed by atoms with Crippen molar-refractivity contribution in [1.29, 1.82) is 0 Å². The maximum atomic E-state index is 10.8. The molecule has 4 fully saturated rings. The number of fused-ring (bicyclic) bond motifs is 5. The SMILES string of the molecule is C[C@]12CC[C@H]3[C@@H](CC[C@H]4CCCC(O)[C@]43C)[C@@H]1CC[C@@H]2O. The number of aliphatic hydroxyl groups excluding tert-OH is 2. The number of hydrogen-bond donors (Lipinski definition) is 2. The molecule has 0 bridgehead atoms. The molecule has 2 nitrogen and oxygen atoms in total. The van der Waals surface area contributed by atoms with E-state index in [1.807, 2.05) is 0 Å². The van der Waals surface area contributed by atoms with Gasteiger partial charge in [0.25, 0.3) is 0 Å². The number of hydrogen-bond acceptors (Lipinski definition) is 2. The van der Waals surface area contributed by atoms with Crippen molar-refractivity contribution >= 4 is 0 Å². The second kappa shape index (κ2) is 4.71. The zero-order valence-electron chi connectivity index (χ0n) is 13.7. The van der Waals surface area contributed by atoms with Crippen LogP contribution in [0.3, 0.4) is 0 Å². The van der Waals surface area contributed by atoms with E-state index in [0.29, 0.717) is 11.8 Å². The van der Waals surface area contributed by atoms with E-state index in [1.54, 1.807) is 0 Å². The molecule has 0 amide bonds. The molecular weight excluding hydrogens is 260 g/mol. The van der Waals surface area contributed by atoms with Crippen molar-refractivity contribution in [3.05, 3.63) is 0 Å². The molecule has 0 saturated heterocycles. The second-order valence-corrected chi connectivity index (χ2v) is 9.10. The smallest absolute Gasteiger partial charge is 0.0599 e. The molecule has 4 aliphatic rings. The van der Waals surface area contributed by atoms with E-state index >= 15 is 0 Å². The molecule has 2 N–H and O–H groups in total. The average Bonchev–Trinajstić information content (AvgIpc) is 2.76. The molecule has 1 unspecified atom stereocenters. The topological polar surface area (TPSA) is 40.5 Å². The summed E-state index contributed by atoms with van der Waals surface area (Å²) < 4.78 is 0. The first-order valence-electron chi connectivity index (χ1n) is 9.34. The van der Waals surface area contributed by atoms with E-state index < -0.39 is 0 Å². The summed E-state index contributed by atoms with van der Waals surface area (Å²) in [5, 5.41) is 21.3. The lowest BCUT2D eigenvalue weighted by molar-refractivity contribution is -0.166. The Balaban J connectivity index is 1.67. The molecule has 4 saturated carbocycles. The Labute approximate surface area is 129 Å². The van der Waals surface area contributed by atoms with Gasteiger partial charge in [0.15, 0.2) is 0 Å². The summed E-state index contributed by atoms with van der Waals surface area (Å²) in [6.45, 7) is 4.75. The van der Waals surface area contributed by atoms with Crippen LogP contribution in [0.5, 0.6) is 0 Å². The zero-order chi connectivity index (χ0) is 14.8. The summed E-state index contributed by atoms with van der Waals surface area (Å²) in [7, 11) is 0. The van der Waals surface area contributed by atoms with Crippen molar-refractivity contribution in [3.8, 4) is 0 Å². The summed E-state index contributed by atoms with van der Waals surface area (Å²) in [4.78, 5) is 0. The maximum absolute atomic E-state index is 10.8. The van der Waals surface area contributed by atoms with Gasteiger partial charge in [0.2, 0.25) is 0 Å². The average molecular weight is 292 g/mol. The van der Waals surface area contributed by atoms with Crippen molar-refractivity contribution in [2.24, 2.45) is 34.5 Å². The van der Waals surface area contributed by atoms with Gasteiger partial charge >= 0.3 is 0 Å². The normalized spacial score (nSPS) is 60.0. The van der Waals surface area contributed by atoms with Crippen LogP contribution in [0.15, 0.2) is 0 Å². The van der Waals surface area contributed by atoms with Gasteiger partial charge in [0.1, 0.15) is 0 Å². The summed E-state index contributed by atoms with van der Waals surface area (Å²) >= 11 is 0. The van der Waals surface area contributed by atoms with Crippen LogP contribution in [0.25, 0.3) is 0 Å². The fourth-order valence-electron chi connectivity index (χ4n) is 7.29. The largest absolute Gasteiger partial charge is 0.393 e. The van der Waals surface area contributed by atoms with Crippen molar-refractivity contribution in [2.45, 2.75) is 83.8 Å². The van der Waals surface area contributed by atoms with Crippen LogP contribution in [-0.2, 0) is 0 Å². The van der Waals surface area contributed by atoms with Crippen LogP contribution >= 0.6 is 0 Å². The zero-order valence-corrected chi connectivity index (χ0v) is 13.7. The molecule has 120 valence electrons. The third-order valence-corrected chi connectivity index (χ3v) is 8.66. The summed E-state index contributed by atoms with van der Waals surface area (Å²) in [5.74, 6) is 2.92. The van der Waals surface area contributed by atoms with Gasteiger partial charge in [0, 0.05) is 0 Å². The van der Waals surface area contributed by atoms with Gasteiger partial charge < -0.3 is 10.2 Å². The molecule has 0 aromatic rings. The molecule has 0 spiro atoms. The fourth-order valence-corrected chi connectivity index (χ4v) is 7.29. The summed E-state index contributed by atoms with van der Waals surface area (Å²) in [6, 6.07) is 0. The van der Waals surface area contributed by atoms with E-state index in [0.717, 1.165) is 24.7 Å². The van der Waals surface area contributed by atoms with Crippen LogP contribution in [0.2, 0.25) is 0 Å². The lowest BCUT2D eigenvalue weighted by Crippen LogP contribution is -2.57. The Morgan fingerprint density at radius 1 is 0.762 bits per heavy atom. The molecule has 4 rings (SSSR count). The standard InChI is InChI=1S/C19H32O2/c1-18-11-10-15-13(14(18)8-9-16(18)20)7-6-12-4-3-5-17(21)19(12,15)2/h12-17,20-21H,3-11H2,1-2H3/t12-,13+,14+,15+,16+,17?,18+,19-/m1/s1. The van der Waals surface area contributed by atoms with Crippen molar-refractivity contribution in [2.75, 3.05) is 0 Å². The lowest BCUT2D eigenvalue weighted by atomic mass is 9.44. The van der Waals surface area contributed by atoms with E-state index in [1.165, 1.54) is 44.9 Å². The first-order chi connectivity index (χ1) is 9.98. The molecule has 0 heterocycles. The minimum absolute atomic E-state index is 0.0785. The van der Waals surface area contributed by atoms with Crippen LogP contribution < -0.4 is 0 Å². The van der Waals surface area contributed by atoms with Gasteiger partial charge in [0.05, 0.1) is 12.2 Å². The summed E-state index contributed by atoms with van der Waals surface area (Å²) in [5.41, 5.74) is 0.333. The van der Waals surface area contributed by atoms with Crippen LogP contribution in [0.1, 0.15) is 71.6 Å². The Morgan fingerprint density at radius 2 is 1.57 bits per heavy atom. The molecule has 8 atom stereocenters. The number of aliphatic hydroxyl groups is 2. The molecule has 0 aromatic carbocycles. The van der Waals surface area contributed by atoms with Gasteiger partial charge in [-0.05, 0) is 85.9 Å². The first-order valence-corrected chi connectivity index (χ1v) is 9.34. The lowest BCUT2D eigenvalue weighted by Gasteiger charge is -2.61. The van der Waals surface area contributed by atoms with Crippen molar-refractivity contribution in [3.63, 3.8) is 0 Å². The highest BCUT2D eigenvalue weighted by atomic mass is 16.3. The maximum Gasteiger partial charge on any atom is 0.0599 e. The third-order valence-electron chi connectivity index (χ3n) is 8.66. The Kier molecular flexibility index (Phi) is 3.25. The van der Waals surface area contributed by atoms with Gasteiger partial charge in [-0.15, -0.1) is 0 Å². The first kappa shape index (κ1) is 14.5. The highest BCUT2D eigenvalue weighted by molar-refractivity contribution is 5.10. The molecule has 2 heteroatoms. The van der Waals surface area contributed by atoms with Crippen LogP contribution in [0.4, 0.5) is 0 Å². The fraction of sp³-hybridized carbons (Fsp3) is 1.00. The quantitative estimate of drug-likeness (QED) is 0.714. The number of rotatable bonds is 0. The Bertz CT molecular complexity index is 422. The Hall–Kier alpha value is -0.0800. The second-order valence-electron chi connectivity index (χ2n) is 9.10. The molecule has 21 heavy (non-hydrogen) atoms. The molecule has 0 aliphatic heterocycles. The van der Waals surface area contributed by atoms with E-state index in [4.69, 9.17) is 0 Å². The van der Waals surface area contributed by atoms with E-state index in [2.05, 4.69) is 13.8 Å². The minimum atomic E-state index is -0.0836.